The lowest BCUT2D eigenvalue weighted by atomic mass is 10.2. The Morgan fingerprint density at radius 2 is 2.10 bits per heavy atom. The lowest BCUT2D eigenvalue weighted by Gasteiger charge is -2.07. The molecule has 0 spiro atoms. The maximum absolute atomic E-state index is 12.2. The number of hydrogen-bond donors (Lipinski definition) is 2. The van der Waals surface area contributed by atoms with E-state index in [0.717, 1.165) is 0 Å². The highest BCUT2D eigenvalue weighted by molar-refractivity contribution is 7.98. The van der Waals surface area contributed by atoms with Crippen LogP contribution >= 0.6 is 11.8 Å². The number of hydrogen-bond acceptors (Lipinski definition) is 5. The van der Waals surface area contributed by atoms with Gasteiger partial charge in [-0.3, -0.25) is 14.6 Å². The number of carboxylic acid groups (broad SMARTS) is 1. The van der Waals surface area contributed by atoms with Crippen molar-refractivity contribution >= 4 is 29.3 Å². The van der Waals surface area contributed by atoms with Crippen molar-refractivity contribution in [2.75, 3.05) is 11.6 Å². The van der Waals surface area contributed by atoms with E-state index in [2.05, 4.69) is 15.3 Å². The van der Waals surface area contributed by atoms with Crippen LogP contribution in [0.1, 0.15) is 16.1 Å². The Morgan fingerprint density at radius 3 is 2.71 bits per heavy atom. The number of anilines is 1. The summed E-state index contributed by atoms with van der Waals surface area (Å²) in [5.74, 6) is -1.22. The summed E-state index contributed by atoms with van der Waals surface area (Å²) in [7, 11) is 0. The van der Waals surface area contributed by atoms with Crippen molar-refractivity contribution in [3.05, 3.63) is 47.9 Å². The molecule has 2 heterocycles. The van der Waals surface area contributed by atoms with Crippen molar-refractivity contribution in [2.24, 2.45) is 0 Å². The third-order valence-corrected chi connectivity index (χ3v) is 3.34. The number of carbonyl (C=O) groups is 2. The summed E-state index contributed by atoms with van der Waals surface area (Å²) in [5, 5.41) is 12.0. The van der Waals surface area contributed by atoms with Crippen LogP contribution in [-0.2, 0) is 11.2 Å². The van der Waals surface area contributed by atoms with E-state index in [4.69, 9.17) is 5.11 Å². The van der Waals surface area contributed by atoms with Gasteiger partial charge >= 0.3 is 5.97 Å². The average Bonchev–Trinajstić information content (AvgIpc) is 2.48. The molecule has 0 aliphatic heterocycles. The molecule has 1 amide bonds. The zero-order chi connectivity index (χ0) is 15.2. The van der Waals surface area contributed by atoms with Crippen molar-refractivity contribution in [2.45, 2.75) is 11.4 Å². The van der Waals surface area contributed by atoms with E-state index in [9.17, 15) is 9.59 Å². The minimum Gasteiger partial charge on any atom is -0.481 e. The summed E-state index contributed by atoms with van der Waals surface area (Å²) in [5.41, 5.74) is 1.43. The molecule has 0 aliphatic carbocycles. The van der Waals surface area contributed by atoms with Gasteiger partial charge in [0.05, 0.1) is 29.6 Å². The molecular formula is C14H13N3O3S. The van der Waals surface area contributed by atoms with Gasteiger partial charge in [0.15, 0.2) is 0 Å². The number of carboxylic acids is 1. The number of rotatable bonds is 5. The lowest BCUT2D eigenvalue weighted by molar-refractivity contribution is -0.136. The highest BCUT2D eigenvalue weighted by atomic mass is 32.2. The number of pyridine rings is 2. The Labute approximate surface area is 125 Å². The highest BCUT2D eigenvalue weighted by Crippen LogP contribution is 2.18. The fourth-order valence-corrected chi connectivity index (χ4v) is 2.23. The van der Waals surface area contributed by atoms with Crippen LogP contribution in [0.3, 0.4) is 0 Å². The molecule has 2 rings (SSSR count). The molecule has 0 radical (unpaired) electrons. The van der Waals surface area contributed by atoms with E-state index in [0.29, 0.717) is 22.0 Å². The first-order valence-electron chi connectivity index (χ1n) is 6.07. The average molecular weight is 303 g/mol. The number of aliphatic carboxylic acids is 1. The summed E-state index contributed by atoms with van der Waals surface area (Å²) >= 11 is 1.39. The number of nitrogens with one attached hydrogen (secondary N) is 1. The number of carbonyl (C=O) groups excluding carboxylic acids is 1. The van der Waals surface area contributed by atoms with Crippen LogP contribution in [0.4, 0.5) is 5.69 Å². The molecule has 108 valence electrons. The second-order valence-corrected chi connectivity index (χ2v) is 4.92. The largest absolute Gasteiger partial charge is 0.481 e. The van der Waals surface area contributed by atoms with E-state index in [1.807, 2.05) is 6.26 Å². The Hall–Kier alpha value is -2.41. The van der Waals surface area contributed by atoms with Crippen molar-refractivity contribution in [3.63, 3.8) is 0 Å². The van der Waals surface area contributed by atoms with Crippen LogP contribution < -0.4 is 5.32 Å². The first kappa shape index (κ1) is 15.0. The van der Waals surface area contributed by atoms with Gasteiger partial charge in [0, 0.05) is 6.20 Å². The standard InChI is InChI=1S/C14H13N3O3S/c1-21-14-11(3-2-6-15-14)13(20)17-10-5-4-9(16-8-10)7-12(18)19/h2-6,8H,7H2,1H3,(H,17,20)(H,18,19). The molecule has 2 N–H and O–H groups in total. The number of amides is 1. The van der Waals surface area contributed by atoms with Gasteiger partial charge in [-0.25, -0.2) is 4.98 Å². The molecule has 0 fully saturated rings. The van der Waals surface area contributed by atoms with Crippen molar-refractivity contribution < 1.29 is 14.7 Å². The van der Waals surface area contributed by atoms with Gasteiger partial charge in [0.1, 0.15) is 5.03 Å². The van der Waals surface area contributed by atoms with E-state index < -0.39 is 5.97 Å². The van der Waals surface area contributed by atoms with Crippen LogP contribution in [-0.4, -0.2) is 33.2 Å². The monoisotopic (exact) mass is 303 g/mol. The van der Waals surface area contributed by atoms with E-state index in [-0.39, 0.29) is 12.3 Å². The zero-order valence-electron chi connectivity index (χ0n) is 11.2. The molecule has 2 aromatic heterocycles. The SMILES string of the molecule is CSc1ncccc1C(=O)Nc1ccc(CC(=O)O)nc1. The molecule has 0 atom stereocenters. The molecule has 7 heteroatoms. The summed E-state index contributed by atoms with van der Waals surface area (Å²) in [6, 6.07) is 6.59. The number of aromatic nitrogens is 2. The molecule has 0 aromatic carbocycles. The van der Waals surface area contributed by atoms with Crippen LogP contribution in [0.5, 0.6) is 0 Å². The van der Waals surface area contributed by atoms with Crippen molar-refractivity contribution in [3.8, 4) is 0 Å². The Kier molecular flexibility index (Phi) is 4.89. The Bertz CT molecular complexity index is 659. The quantitative estimate of drug-likeness (QED) is 0.822. The summed E-state index contributed by atoms with van der Waals surface area (Å²) in [6.07, 6.45) is 4.77. The minimum atomic E-state index is -0.945. The molecule has 0 bridgehead atoms. The lowest BCUT2D eigenvalue weighted by Crippen LogP contribution is -2.14. The Morgan fingerprint density at radius 1 is 1.29 bits per heavy atom. The molecule has 6 nitrogen and oxygen atoms in total. The molecule has 0 aliphatic rings. The smallest absolute Gasteiger partial charge is 0.309 e. The third-order valence-electron chi connectivity index (χ3n) is 2.62. The van der Waals surface area contributed by atoms with Gasteiger partial charge in [-0.2, -0.15) is 0 Å². The van der Waals surface area contributed by atoms with E-state index in [1.165, 1.54) is 18.0 Å². The topological polar surface area (TPSA) is 92.2 Å². The molecule has 21 heavy (non-hydrogen) atoms. The van der Waals surface area contributed by atoms with Crippen LogP contribution in [0.25, 0.3) is 0 Å². The highest BCUT2D eigenvalue weighted by Gasteiger charge is 2.12. The van der Waals surface area contributed by atoms with Crippen LogP contribution in [0.2, 0.25) is 0 Å². The van der Waals surface area contributed by atoms with Crippen LogP contribution in [0, 0.1) is 0 Å². The first-order valence-corrected chi connectivity index (χ1v) is 7.29. The fourth-order valence-electron chi connectivity index (χ4n) is 1.68. The van der Waals surface area contributed by atoms with Crippen molar-refractivity contribution in [1.82, 2.24) is 9.97 Å². The molecule has 0 saturated carbocycles. The third kappa shape index (κ3) is 4.03. The number of thioether (sulfide) groups is 1. The Balaban J connectivity index is 2.10. The molecule has 0 saturated heterocycles. The molecule has 2 aromatic rings. The number of nitrogens with zero attached hydrogens (tertiary/aromatic N) is 2. The summed E-state index contributed by atoms with van der Waals surface area (Å²) in [4.78, 5) is 30.9. The first-order chi connectivity index (χ1) is 10.1. The maximum atomic E-state index is 12.2. The second kappa shape index (κ2) is 6.85. The van der Waals surface area contributed by atoms with Gasteiger partial charge in [-0.1, -0.05) is 0 Å². The van der Waals surface area contributed by atoms with Gasteiger partial charge in [0.2, 0.25) is 0 Å². The minimum absolute atomic E-state index is 0.145. The van der Waals surface area contributed by atoms with E-state index in [1.54, 1.807) is 30.5 Å². The molecular weight excluding hydrogens is 290 g/mol. The predicted molar refractivity (Wildman–Crippen MR) is 79.5 cm³/mol. The van der Waals surface area contributed by atoms with E-state index >= 15 is 0 Å². The van der Waals surface area contributed by atoms with Gasteiger partial charge in [-0.05, 0) is 30.5 Å². The second-order valence-electron chi connectivity index (χ2n) is 4.12. The zero-order valence-corrected chi connectivity index (χ0v) is 12.1. The predicted octanol–water partition coefficient (Wildman–Crippen LogP) is 2.08. The van der Waals surface area contributed by atoms with Crippen molar-refractivity contribution in [1.29, 1.82) is 0 Å². The molecule has 0 unspecified atom stereocenters. The summed E-state index contributed by atoms with van der Waals surface area (Å²) in [6.45, 7) is 0. The van der Waals surface area contributed by atoms with Gasteiger partial charge < -0.3 is 10.4 Å². The fraction of sp³-hybridized carbons (Fsp3) is 0.143. The summed E-state index contributed by atoms with van der Waals surface area (Å²) < 4.78 is 0. The maximum Gasteiger partial charge on any atom is 0.309 e. The van der Waals surface area contributed by atoms with Crippen LogP contribution in [0.15, 0.2) is 41.7 Å². The van der Waals surface area contributed by atoms with Gasteiger partial charge in [-0.15, -0.1) is 11.8 Å². The van der Waals surface area contributed by atoms with Gasteiger partial charge in [0.25, 0.3) is 5.91 Å². The normalized spacial score (nSPS) is 10.1.